The van der Waals surface area contributed by atoms with Crippen LogP contribution in [0.25, 0.3) is 0 Å². The molecule has 21 heavy (non-hydrogen) atoms. The van der Waals surface area contributed by atoms with Crippen molar-refractivity contribution in [2.24, 2.45) is 0 Å². The van der Waals surface area contributed by atoms with Crippen molar-refractivity contribution in [1.82, 2.24) is 0 Å². The molecule has 2 N–H and O–H groups in total. The van der Waals surface area contributed by atoms with E-state index in [-0.39, 0.29) is 0 Å². The van der Waals surface area contributed by atoms with E-state index in [1.54, 1.807) is 23.9 Å². The largest absolute Gasteiger partial charge is 0.486 e. The maximum atomic E-state index is 6.16. The van der Waals surface area contributed by atoms with E-state index in [4.69, 9.17) is 38.4 Å². The van der Waals surface area contributed by atoms with E-state index in [2.05, 4.69) is 0 Å². The summed E-state index contributed by atoms with van der Waals surface area (Å²) in [7, 11) is 0. The lowest BCUT2D eigenvalue weighted by atomic mass is 10.2. The fraction of sp³-hybridized carbons (Fsp3) is 0.200. The molecule has 0 bridgehead atoms. The molecular weight excluding hydrogens is 329 g/mol. The molecule has 0 amide bonds. The Labute approximate surface area is 137 Å². The first kappa shape index (κ1) is 14.7. The summed E-state index contributed by atoms with van der Waals surface area (Å²) in [6, 6.07) is 9.15. The van der Waals surface area contributed by atoms with Gasteiger partial charge in [-0.25, -0.2) is 0 Å². The summed E-state index contributed by atoms with van der Waals surface area (Å²) >= 11 is 13.7. The first-order valence-electron chi connectivity index (χ1n) is 6.39. The average molecular weight is 342 g/mol. The Hall–Kier alpha value is -1.23. The van der Waals surface area contributed by atoms with Gasteiger partial charge in [0.1, 0.15) is 13.2 Å². The zero-order valence-corrected chi connectivity index (χ0v) is 13.4. The number of nitrogen functional groups attached to an aromatic ring is 1. The van der Waals surface area contributed by atoms with Crippen molar-refractivity contribution in [2.75, 3.05) is 18.9 Å². The number of hydrogen-bond acceptors (Lipinski definition) is 4. The van der Waals surface area contributed by atoms with E-state index in [1.165, 1.54) is 0 Å². The number of hydrogen-bond donors (Lipinski definition) is 1. The minimum absolute atomic E-state index is 0.554. The van der Waals surface area contributed by atoms with Crippen LogP contribution in [0.2, 0.25) is 10.0 Å². The maximum Gasteiger partial charge on any atom is 0.163 e. The number of anilines is 1. The molecule has 0 saturated carbocycles. The Balaban J connectivity index is 1.80. The molecule has 2 aromatic rings. The van der Waals surface area contributed by atoms with E-state index >= 15 is 0 Å². The second kappa shape index (κ2) is 6.26. The minimum Gasteiger partial charge on any atom is -0.486 e. The molecule has 0 fully saturated rings. The van der Waals surface area contributed by atoms with Crippen molar-refractivity contribution < 1.29 is 9.47 Å². The molecule has 1 aliphatic heterocycles. The fourth-order valence-electron chi connectivity index (χ4n) is 2.01. The molecule has 3 nitrogen and oxygen atoms in total. The zero-order chi connectivity index (χ0) is 14.8. The van der Waals surface area contributed by atoms with Gasteiger partial charge >= 0.3 is 0 Å². The number of halogens is 2. The van der Waals surface area contributed by atoms with Gasteiger partial charge in [-0.05, 0) is 29.8 Å². The smallest absolute Gasteiger partial charge is 0.163 e. The van der Waals surface area contributed by atoms with Gasteiger partial charge in [0.15, 0.2) is 11.5 Å². The molecule has 0 unspecified atom stereocenters. The summed E-state index contributed by atoms with van der Waals surface area (Å²) in [5.41, 5.74) is 7.74. The van der Waals surface area contributed by atoms with Crippen LogP contribution in [-0.2, 0) is 5.75 Å². The van der Waals surface area contributed by atoms with Gasteiger partial charge in [-0.2, -0.15) is 0 Å². The SMILES string of the molecule is Nc1cc2c(cc1CSc1cc(Cl)ccc1Cl)OCCO2. The summed E-state index contributed by atoms with van der Waals surface area (Å²) in [6.07, 6.45) is 0. The minimum atomic E-state index is 0.554. The van der Waals surface area contributed by atoms with Crippen molar-refractivity contribution in [1.29, 1.82) is 0 Å². The van der Waals surface area contributed by atoms with Crippen LogP contribution in [-0.4, -0.2) is 13.2 Å². The highest BCUT2D eigenvalue weighted by molar-refractivity contribution is 7.98. The quantitative estimate of drug-likeness (QED) is 0.652. The summed E-state index contributed by atoms with van der Waals surface area (Å²) in [5.74, 6) is 2.12. The molecule has 110 valence electrons. The van der Waals surface area contributed by atoms with Gasteiger partial charge in [0, 0.05) is 27.4 Å². The zero-order valence-electron chi connectivity index (χ0n) is 11.1. The normalized spacial score (nSPS) is 13.2. The van der Waals surface area contributed by atoms with Crippen LogP contribution in [0.1, 0.15) is 5.56 Å². The van der Waals surface area contributed by atoms with Crippen LogP contribution in [0.15, 0.2) is 35.2 Å². The third-order valence-electron chi connectivity index (χ3n) is 3.08. The Morgan fingerprint density at radius 1 is 1.05 bits per heavy atom. The fourth-order valence-corrected chi connectivity index (χ4v) is 3.51. The van der Waals surface area contributed by atoms with E-state index in [0.29, 0.717) is 40.4 Å². The first-order chi connectivity index (χ1) is 10.1. The van der Waals surface area contributed by atoms with Gasteiger partial charge in [0.05, 0.1) is 5.02 Å². The first-order valence-corrected chi connectivity index (χ1v) is 8.13. The Bertz CT molecular complexity index is 679. The van der Waals surface area contributed by atoms with Gasteiger partial charge in [0.2, 0.25) is 0 Å². The molecule has 1 aliphatic rings. The predicted molar refractivity (Wildman–Crippen MR) is 87.9 cm³/mol. The van der Waals surface area contributed by atoms with Crippen LogP contribution < -0.4 is 15.2 Å². The lowest BCUT2D eigenvalue weighted by molar-refractivity contribution is 0.171. The molecule has 0 aliphatic carbocycles. The summed E-state index contributed by atoms with van der Waals surface area (Å²) in [4.78, 5) is 0.929. The third kappa shape index (κ3) is 3.34. The molecule has 0 aromatic heterocycles. The molecule has 0 spiro atoms. The highest BCUT2D eigenvalue weighted by atomic mass is 35.5. The van der Waals surface area contributed by atoms with E-state index in [9.17, 15) is 0 Å². The number of nitrogens with two attached hydrogens (primary N) is 1. The van der Waals surface area contributed by atoms with Crippen LogP contribution in [0.4, 0.5) is 5.69 Å². The van der Waals surface area contributed by atoms with Crippen molar-refractivity contribution in [2.45, 2.75) is 10.6 Å². The number of rotatable bonds is 3. The Morgan fingerprint density at radius 2 is 1.76 bits per heavy atom. The standard InChI is InChI=1S/C15H13Cl2NO2S/c16-10-1-2-11(17)15(6-10)21-8-9-5-13-14(7-12(9)18)20-4-3-19-13/h1-2,5-7H,3-4,8,18H2. The molecule has 0 radical (unpaired) electrons. The van der Waals surface area contributed by atoms with Crippen molar-refractivity contribution in [3.63, 3.8) is 0 Å². The average Bonchev–Trinajstić information content (AvgIpc) is 2.48. The number of fused-ring (bicyclic) bond motifs is 1. The van der Waals surface area contributed by atoms with Crippen LogP contribution in [0.5, 0.6) is 11.5 Å². The molecule has 1 heterocycles. The van der Waals surface area contributed by atoms with Crippen molar-refractivity contribution in [3.8, 4) is 11.5 Å². The van der Waals surface area contributed by atoms with E-state index < -0.39 is 0 Å². The van der Waals surface area contributed by atoms with E-state index in [0.717, 1.165) is 16.2 Å². The number of ether oxygens (including phenoxy) is 2. The monoisotopic (exact) mass is 341 g/mol. The molecule has 0 atom stereocenters. The third-order valence-corrected chi connectivity index (χ3v) is 4.86. The molecule has 0 saturated heterocycles. The molecular formula is C15H13Cl2NO2S. The molecule has 2 aromatic carbocycles. The highest BCUT2D eigenvalue weighted by Crippen LogP contribution is 2.38. The summed E-state index contributed by atoms with van der Waals surface area (Å²) < 4.78 is 11.1. The molecule has 3 rings (SSSR count). The van der Waals surface area contributed by atoms with Gasteiger partial charge < -0.3 is 15.2 Å². The lowest BCUT2D eigenvalue weighted by Crippen LogP contribution is -2.15. The van der Waals surface area contributed by atoms with Crippen LogP contribution in [0.3, 0.4) is 0 Å². The van der Waals surface area contributed by atoms with Gasteiger partial charge in [0.25, 0.3) is 0 Å². The highest BCUT2D eigenvalue weighted by Gasteiger charge is 2.15. The summed E-state index contributed by atoms with van der Waals surface area (Å²) in [6.45, 7) is 1.11. The van der Waals surface area contributed by atoms with Crippen molar-refractivity contribution in [3.05, 3.63) is 45.9 Å². The Morgan fingerprint density at radius 3 is 2.52 bits per heavy atom. The Kier molecular flexibility index (Phi) is 4.38. The number of thioether (sulfide) groups is 1. The van der Waals surface area contributed by atoms with Crippen LogP contribution in [0, 0.1) is 0 Å². The maximum absolute atomic E-state index is 6.16. The lowest BCUT2D eigenvalue weighted by Gasteiger charge is -2.20. The second-order valence-electron chi connectivity index (χ2n) is 4.56. The van der Waals surface area contributed by atoms with Crippen molar-refractivity contribution >= 4 is 40.7 Å². The predicted octanol–water partition coefficient (Wildman–Crippen LogP) is 4.64. The van der Waals surface area contributed by atoms with Gasteiger partial charge in [-0.1, -0.05) is 23.2 Å². The van der Waals surface area contributed by atoms with E-state index in [1.807, 2.05) is 18.2 Å². The topological polar surface area (TPSA) is 44.5 Å². The second-order valence-corrected chi connectivity index (χ2v) is 6.42. The summed E-state index contributed by atoms with van der Waals surface area (Å²) in [5, 5.41) is 1.34. The van der Waals surface area contributed by atoms with Gasteiger partial charge in [-0.3, -0.25) is 0 Å². The number of benzene rings is 2. The van der Waals surface area contributed by atoms with Gasteiger partial charge in [-0.15, -0.1) is 11.8 Å². The van der Waals surface area contributed by atoms with Crippen LogP contribution >= 0.6 is 35.0 Å². The molecule has 6 heteroatoms.